The number of carbonyl (C=O) groups excluding carboxylic acids is 3. The van der Waals surface area contributed by atoms with Gasteiger partial charge in [0.25, 0.3) is 0 Å². The third-order valence-corrected chi connectivity index (χ3v) is 7.94. The van der Waals surface area contributed by atoms with Crippen molar-refractivity contribution < 1.29 is 24.3 Å². The third-order valence-electron chi connectivity index (χ3n) is 7.94. The van der Waals surface area contributed by atoms with E-state index in [1.165, 1.54) is 6.42 Å². The van der Waals surface area contributed by atoms with E-state index in [1.807, 2.05) is 0 Å². The van der Waals surface area contributed by atoms with Crippen LogP contribution in [0.1, 0.15) is 84.0 Å². The Labute approximate surface area is 208 Å². The van der Waals surface area contributed by atoms with Gasteiger partial charge in [0.05, 0.1) is 6.61 Å². The van der Waals surface area contributed by atoms with Gasteiger partial charge in [-0.1, -0.05) is 37.3 Å². The number of oxime groups is 1. The van der Waals surface area contributed by atoms with E-state index >= 15 is 0 Å². The first-order valence-corrected chi connectivity index (χ1v) is 13.4. The number of likely N-dealkylation sites (tertiary alicyclic amines) is 1. The Morgan fingerprint density at radius 1 is 1.03 bits per heavy atom. The van der Waals surface area contributed by atoms with E-state index in [9.17, 15) is 14.4 Å². The number of alkyl carbamates (subject to hydrolysis) is 1. The molecule has 0 aromatic carbocycles. The number of amides is 3. The maximum Gasteiger partial charge on any atom is 0.407 e. The first kappa shape index (κ1) is 27.1. The van der Waals surface area contributed by atoms with Gasteiger partial charge in [-0.2, -0.15) is 0 Å². The van der Waals surface area contributed by atoms with Crippen LogP contribution >= 0.6 is 0 Å². The van der Waals surface area contributed by atoms with Crippen molar-refractivity contribution in [2.75, 3.05) is 19.7 Å². The van der Waals surface area contributed by atoms with Crippen LogP contribution in [0.15, 0.2) is 5.16 Å². The minimum Gasteiger partial charge on any atom is -0.450 e. The predicted molar refractivity (Wildman–Crippen MR) is 132 cm³/mol. The zero-order valence-corrected chi connectivity index (χ0v) is 21.0. The van der Waals surface area contributed by atoms with Crippen molar-refractivity contribution in [3.8, 4) is 0 Å². The van der Waals surface area contributed by atoms with E-state index in [4.69, 9.17) is 15.7 Å². The van der Waals surface area contributed by atoms with Crippen molar-refractivity contribution in [1.82, 2.24) is 15.5 Å². The first-order valence-electron chi connectivity index (χ1n) is 13.4. The number of carbonyl (C=O) groups is 3. The van der Waals surface area contributed by atoms with Crippen LogP contribution in [0.25, 0.3) is 0 Å². The molecular weight excluding hydrogens is 450 g/mol. The Morgan fingerprint density at radius 2 is 1.74 bits per heavy atom. The minimum absolute atomic E-state index is 0.0999. The number of hydrogen-bond donors (Lipinski definition) is 4. The molecule has 1 aliphatic heterocycles. The van der Waals surface area contributed by atoms with Gasteiger partial charge in [-0.15, -0.1) is 0 Å². The number of hydrogen-bond acceptors (Lipinski definition) is 6. The summed E-state index contributed by atoms with van der Waals surface area (Å²) in [6.07, 6.45) is 10.6. The molecule has 3 aliphatic rings. The van der Waals surface area contributed by atoms with E-state index < -0.39 is 18.2 Å². The van der Waals surface area contributed by atoms with Crippen LogP contribution in [0.3, 0.4) is 0 Å². The molecule has 5 N–H and O–H groups in total. The molecule has 10 heteroatoms. The van der Waals surface area contributed by atoms with Crippen molar-refractivity contribution in [3.63, 3.8) is 0 Å². The lowest BCUT2D eigenvalue weighted by molar-refractivity contribution is -0.140. The summed E-state index contributed by atoms with van der Waals surface area (Å²) in [7, 11) is 0. The molecular formula is C25H43N5O5. The highest BCUT2D eigenvalue weighted by atomic mass is 16.5. The highest BCUT2D eigenvalue weighted by Gasteiger charge is 2.39. The number of nitrogens with zero attached hydrogens (tertiary/aromatic N) is 2. The smallest absolute Gasteiger partial charge is 0.407 e. The Balaban J connectivity index is 1.55. The van der Waals surface area contributed by atoms with Crippen molar-refractivity contribution in [3.05, 3.63) is 0 Å². The van der Waals surface area contributed by atoms with Gasteiger partial charge in [0.1, 0.15) is 17.9 Å². The quantitative estimate of drug-likeness (QED) is 0.168. The maximum atomic E-state index is 13.5. The van der Waals surface area contributed by atoms with Crippen LogP contribution in [-0.2, 0) is 14.3 Å². The lowest BCUT2D eigenvalue weighted by Crippen LogP contribution is -2.54. The van der Waals surface area contributed by atoms with Gasteiger partial charge in [0.15, 0.2) is 0 Å². The average Bonchev–Trinajstić information content (AvgIpc) is 3.37. The lowest BCUT2D eigenvalue weighted by Gasteiger charge is -2.32. The fourth-order valence-electron chi connectivity index (χ4n) is 5.90. The predicted octanol–water partition coefficient (Wildman–Crippen LogP) is 2.73. The zero-order valence-electron chi connectivity index (χ0n) is 21.0. The molecule has 0 spiro atoms. The van der Waals surface area contributed by atoms with Gasteiger partial charge in [0, 0.05) is 19.0 Å². The van der Waals surface area contributed by atoms with E-state index in [1.54, 1.807) is 11.8 Å². The van der Waals surface area contributed by atoms with Crippen molar-refractivity contribution >= 4 is 23.7 Å². The van der Waals surface area contributed by atoms with E-state index in [0.29, 0.717) is 37.8 Å². The molecule has 0 bridgehead atoms. The lowest BCUT2D eigenvalue weighted by atomic mass is 9.81. The van der Waals surface area contributed by atoms with Crippen LogP contribution in [0.2, 0.25) is 0 Å². The third kappa shape index (κ3) is 7.73. The molecule has 2 aliphatic carbocycles. The second-order valence-corrected chi connectivity index (χ2v) is 10.3. The molecule has 0 radical (unpaired) electrons. The zero-order chi connectivity index (χ0) is 25.2. The molecule has 3 amide bonds. The van der Waals surface area contributed by atoms with Crippen LogP contribution in [0, 0.1) is 17.8 Å². The molecule has 0 aromatic heterocycles. The standard InChI is InChI=1S/C25H43N5O5/c1-2-35-25(33)28-20(15-17-7-4-3-5-8-17)24(32)30-14-6-9-21(30)23(31)27-16-18-10-12-19(13-11-18)22(26)29-34/h17-21,34H,2-16H2,1H3,(H2,26,29)(H,27,31)(H,28,33)/t18-,19-,20-,21+/m1/s1. The largest absolute Gasteiger partial charge is 0.450 e. The van der Waals surface area contributed by atoms with Crippen LogP contribution in [0.5, 0.6) is 0 Å². The molecule has 35 heavy (non-hydrogen) atoms. The number of nitrogens with two attached hydrogens (primary N) is 1. The Morgan fingerprint density at radius 3 is 2.40 bits per heavy atom. The van der Waals surface area contributed by atoms with E-state index in [0.717, 1.165) is 57.8 Å². The van der Waals surface area contributed by atoms with Crippen LogP contribution in [0.4, 0.5) is 4.79 Å². The summed E-state index contributed by atoms with van der Waals surface area (Å²) in [6, 6.07) is -1.17. The fraction of sp³-hybridized carbons (Fsp3) is 0.840. The van der Waals surface area contributed by atoms with Crippen molar-refractivity contribution in [2.45, 2.75) is 96.1 Å². The summed E-state index contributed by atoms with van der Waals surface area (Å²) in [5.41, 5.74) is 5.73. The van der Waals surface area contributed by atoms with Gasteiger partial charge < -0.3 is 31.2 Å². The highest BCUT2D eigenvalue weighted by Crippen LogP contribution is 2.30. The summed E-state index contributed by atoms with van der Waals surface area (Å²) in [6.45, 7) is 3.06. The summed E-state index contributed by atoms with van der Waals surface area (Å²) in [5.74, 6) is 0.823. The summed E-state index contributed by atoms with van der Waals surface area (Å²) in [4.78, 5) is 40.4. The number of ether oxygens (including phenoxy) is 1. The minimum atomic E-state index is -0.667. The first-order chi connectivity index (χ1) is 16.9. The molecule has 198 valence electrons. The molecule has 0 unspecified atom stereocenters. The fourth-order valence-corrected chi connectivity index (χ4v) is 5.90. The second-order valence-electron chi connectivity index (χ2n) is 10.3. The Kier molecular flexibility index (Phi) is 10.5. The van der Waals surface area contributed by atoms with Gasteiger partial charge in [-0.3, -0.25) is 9.59 Å². The molecule has 2 atom stereocenters. The molecule has 10 nitrogen and oxygen atoms in total. The van der Waals surface area contributed by atoms with Crippen LogP contribution < -0.4 is 16.4 Å². The number of rotatable bonds is 9. The van der Waals surface area contributed by atoms with E-state index in [-0.39, 0.29) is 30.2 Å². The van der Waals surface area contributed by atoms with E-state index in [2.05, 4.69) is 15.8 Å². The Hall–Kier alpha value is -2.52. The Bertz CT molecular complexity index is 747. The summed E-state index contributed by atoms with van der Waals surface area (Å²) < 4.78 is 5.05. The van der Waals surface area contributed by atoms with Gasteiger partial charge in [0.2, 0.25) is 11.8 Å². The topological polar surface area (TPSA) is 146 Å². The van der Waals surface area contributed by atoms with Gasteiger partial charge in [-0.25, -0.2) is 4.79 Å². The van der Waals surface area contributed by atoms with Crippen molar-refractivity contribution in [2.24, 2.45) is 28.6 Å². The number of nitrogens with one attached hydrogen (secondary N) is 2. The normalized spacial score (nSPS) is 26.7. The summed E-state index contributed by atoms with van der Waals surface area (Å²) in [5, 5.41) is 17.8. The van der Waals surface area contributed by atoms with Gasteiger partial charge in [-0.05, 0) is 63.7 Å². The molecule has 1 heterocycles. The number of amidine groups is 1. The molecule has 3 rings (SSSR count). The van der Waals surface area contributed by atoms with Crippen molar-refractivity contribution in [1.29, 1.82) is 0 Å². The summed E-state index contributed by atoms with van der Waals surface area (Å²) >= 11 is 0. The van der Waals surface area contributed by atoms with Gasteiger partial charge >= 0.3 is 6.09 Å². The molecule has 1 saturated heterocycles. The monoisotopic (exact) mass is 493 g/mol. The molecule has 0 aromatic rings. The van der Waals surface area contributed by atoms with Crippen LogP contribution in [-0.4, -0.2) is 65.6 Å². The maximum absolute atomic E-state index is 13.5. The average molecular weight is 494 g/mol. The highest BCUT2D eigenvalue weighted by molar-refractivity contribution is 5.91. The SMILES string of the molecule is CCOC(=O)N[C@H](CC1CCCCC1)C(=O)N1CCC[C@H]1C(=O)NC[C@H]1CC[C@H](C(N)=NO)CC1. The molecule has 3 fully saturated rings. The molecule has 2 saturated carbocycles. The second kappa shape index (κ2) is 13.5.